The number of pyridine rings is 1. The maximum Gasteiger partial charge on any atom is 0.337 e. The second-order valence-electron chi connectivity index (χ2n) is 6.57. The highest BCUT2D eigenvalue weighted by Crippen LogP contribution is 2.40. The van der Waals surface area contributed by atoms with Gasteiger partial charge in [0.15, 0.2) is 0 Å². The number of aryl methyl sites for hydroxylation is 2. The summed E-state index contributed by atoms with van der Waals surface area (Å²) in [5.74, 6) is 0.484. The van der Waals surface area contributed by atoms with Crippen LogP contribution in [-0.4, -0.2) is 25.8 Å². The van der Waals surface area contributed by atoms with Crippen LogP contribution in [0.2, 0.25) is 0 Å². The highest BCUT2D eigenvalue weighted by atomic mass is 32.1. The maximum absolute atomic E-state index is 11.5. The Balaban J connectivity index is 1.56. The standard InChI is InChI=1S/C21H15N3O3S2/c1-11-19(21(25)26)13-4-3-12(9-17(13)28-11)27-16-6-7-22-14-10-18(29-20(14)16)15-5-8-23-24(15)2/h3-10H,1-2H3,(H,25,26). The molecule has 1 N–H and O–H groups in total. The number of fused-ring (bicyclic) bond motifs is 2. The van der Waals surface area contributed by atoms with Crippen LogP contribution in [0.5, 0.6) is 11.5 Å². The van der Waals surface area contributed by atoms with Crippen LogP contribution in [-0.2, 0) is 7.05 Å². The molecule has 0 bridgehead atoms. The van der Waals surface area contributed by atoms with E-state index in [4.69, 9.17) is 4.74 Å². The summed E-state index contributed by atoms with van der Waals surface area (Å²) in [6.07, 6.45) is 3.50. The molecule has 8 heteroatoms. The first-order valence-electron chi connectivity index (χ1n) is 8.82. The van der Waals surface area contributed by atoms with Crippen LogP contribution >= 0.6 is 22.7 Å². The fraction of sp³-hybridized carbons (Fsp3) is 0.0952. The van der Waals surface area contributed by atoms with Gasteiger partial charge >= 0.3 is 5.97 Å². The molecule has 5 rings (SSSR count). The molecule has 0 atom stereocenters. The third-order valence-corrected chi connectivity index (χ3v) is 6.96. The smallest absolute Gasteiger partial charge is 0.337 e. The quantitative estimate of drug-likeness (QED) is 0.402. The zero-order valence-electron chi connectivity index (χ0n) is 15.5. The first kappa shape index (κ1) is 17.8. The number of hydrogen-bond acceptors (Lipinski definition) is 6. The molecule has 0 radical (unpaired) electrons. The van der Waals surface area contributed by atoms with Crippen molar-refractivity contribution in [3.8, 4) is 22.1 Å². The number of carboxylic acid groups (broad SMARTS) is 1. The van der Waals surface area contributed by atoms with E-state index < -0.39 is 5.97 Å². The monoisotopic (exact) mass is 421 g/mol. The summed E-state index contributed by atoms with van der Waals surface area (Å²) in [6, 6.07) is 11.4. The molecule has 0 saturated heterocycles. The van der Waals surface area contributed by atoms with E-state index in [1.807, 2.05) is 55.1 Å². The van der Waals surface area contributed by atoms with Crippen LogP contribution in [0.4, 0.5) is 0 Å². The highest BCUT2D eigenvalue weighted by Gasteiger charge is 2.17. The number of carbonyl (C=O) groups is 1. The lowest BCUT2D eigenvalue weighted by Gasteiger charge is -2.06. The van der Waals surface area contributed by atoms with E-state index in [1.165, 1.54) is 11.3 Å². The number of benzene rings is 1. The zero-order valence-corrected chi connectivity index (χ0v) is 17.2. The molecule has 29 heavy (non-hydrogen) atoms. The van der Waals surface area contributed by atoms with Crippen LogP contribution in [0.1, 0.15) is 15.2 Å². The maximum atomic E-state index is 11.5. The van der Waals surface area contributed by atoms with Gasteiger partial charge in [0, 0.05) is 40.5 Å². The number of nitrogens with zero attached hydrogens (tertiary/aromatic N) is 3. The number of aromatic carboxylic acids is 1. The lowest BCUT2D eigenvalue weighted by atomic mass is 10.1. The second-order valence-corrected chi connectivity index (χ2v) is 8.88. The van der Waals surface area contributed by atoms with E-state index in [0.29, 0.717) is 11.3 Å². The Labute approximate surface area is 173 Å². The highest BCUT2D eigenvalue weighted by molar-refractivity contribution is 7.22. The normalized spacial score (nSPS) is 11.4. The Morgan fingerprint density at radius 2 is 2.00 bits per heavy atom. The molecule has 0 saturated carbocycles. The minimum Gasteiger partial charge on any atom is -0.478 e. The van der Waals surface area contributed by atoms with Crippen LogP contribution in [0.3, 0.4) is 0 Å². The van der Waals surface area contributed by atoms with Crippen molar-refractivity contribution < 1.29 is 14.6 Å². The van der Waals surface area contributed by atoms with Crippen LogP contribution in [0, 0.1) is 6.92 Å². The van der Waals surface area contributed by atoms with Gasteiger partial charge in [0.2, 0.25) is 0 Å². The predicted octanol–water partition coefficient (Wildman–Crippen LogP) is 5.71. The van der Waals surface area contributed by atoms with Crippen LogP contribution < -0.4 is 4.74 Å². The minimum absolute atomic E-state index is 0.363. The van der Waals surface area contributed by atoms with Crippen molar-refractivity contribution in [1.82, 2.24) is 14.8 Å². The molecule has 4 heterocycles. The van der Waals surface area contributed by atoms with Gasteiger partial charge in [-0.05, 0) is 37.3 Å². The van der Waals surface area contributed by atoms with Crippen molar-refractivity contribution in [3.05, 3.63) is 59.2 Å². The summed E-state index contributed by atoms with van der Waals surface area (Å²) in [5.41, 5.74) is 2.25. The molecule has 0 spiro atoms. The van der Waals surface area contributed by atoms with Gasteiger partial charge in [-0.3, -0.25) is 9.67 Å². The Hall–Kier alpha value is -3.23. The SMILES string of the molecule is Cc1sc2cc(Oc3ccnc4cc(-c5ccnn5C)sc34)ccc2c1C(=O)O. The van der Waals surface area contributed by atoms with Crippen LogP contribution in [0.15, 0.2) is 48.8 Å². The fourth-order valence-corrected chi connectivity index (χ4v) is 5.60. The van der Waals surface area contributed by atoms with Crippen molar-refractivity contribution in [2.75, 3.05) is 0 Å². The Morgan fingerprint density at radius 1 is 1.14 bits per heavy atom. The van der Waals surface area contributed by atoms with Crippen LogP contribution in [0.25, 0.3) is 30.9 Å². The summed E-state index contributed by atoms with van der Waals surface area (Å²) in [6.45, 7) is 1.83. The van der Waals surface area contributed by atoms with E-state index in [-0.39, 0.29) is 0 Å². The molecule has 0 aliphatic heterocycles. The lowest BCUT2D eigenvalue weighted by Crippen LogP contribution is -1.96. The van der Waals surface area contributed by atoms with Crippen molar-refractivity contribution in [3.63, 3.8) is 0 Å². The molecular formula is C21H15N3O3S2. The van der Waals surface area contributed by atoms with Crippen molar-refractivity contribution in [1.29, 1.82) is 0 Å². The van der Waals surface area contributed by atoms with Gasteiger partial charge in [-0.25, -0.2) is 4.79 Å². The van der Waals surface area contributed by atoms with E-state index in [9.17, 15) is 9.90 Å². The second kappa shape index (κ2) is 6.68. The summed E-state index contributed by atoms with van der Waals surface area (Å²) < 4.78 is 9.86. The third-order valence-electron chi connectivity index (χ3n) is 4.73. The van der Waals surface area contributed by atoms with Gasteiger partial charge < -0.3 is 9.84 Å². The number of hydrogen-bond donors (Lipinski definition) is 1. The Morgan fingerprint density at radius 3 is 2.76 bits per heavy atom. The molecule has 0 fully saturated rings. The van der Waals surface area contributed by atoms with Gasteiger partial charge in [-0.15, -0.1) is 22.7 Å². The molecule has 1 aromatic carbocycles. The number of thiophene rings is 2. The first-order valence-corrected chi connectivity index (χ1v) is 10.5. The molecule has 0 aliphatic rings. The third kappa shape index (κ3) is 2.97. The number of aromatic nitrogens is 3. The Bertz CT molecular complexity index is 1400. The largest absolute Gasteiger partial charge is 0.478 e. The molecule has 0 aliphatic carbocycles. The summed E-state index contributed by atoms with van der Waals surface area (Å²) >= 11 is 3.06. The number of rotatable bonds is 4. The molecule has 144 valence electrons. The molecule has 0 unspecified atom stereocenters. The van der Waals surface area contributed by atoms with Crippen molar-refractivity contribution >= 4 is 48.9 Å². The summed E-state index contributed by atoms with van der Waals surface area (Å²) in [5, 5.41) is 14.4. The molecule has 0 amide bonds. The van der Waals surface area contributed by atoms with Gasteiger partial charge in [-0.2, -0.15) is 5.10 Å². The molecular weight excluding hydrogens is 406 g/mol. The molecule has 5 aromatic rings. The Kier molecular flexibility index (Phi) is 4.11. The van der Waals surface area contributed by atoms with E-state index in [0.717, 1.165) is 41.5 Å². The first-order chi connectivity index (χ1) is 14.0. The zero-order chi connectivity index (χ0) is 20.1. The van der Waals surface area contributed by atoms with Gasteiger partial charge in [0.05, 0.1) is 26.4 Å². The number of ether oxygens (including phenoxy) is 1. The van der Waals surface area contributed by atoms with Gasteiger partial charge in [0.1, 0.15) is 11.5 Å². The average molecular weight is 422 g/mol. The van der Waals surface area contributed by atoms with Gasteiger partial charge in [-0.1, -0.05) is 0 Å². The van der Waals surface area contributed by atoms with E-state index >= 15 is 0 Å². The van der Waals surface area contributed by atoms with Crippen molar-refractivity contribution in [2.24, 2.45) is 7.05 Å². The average Bonchev–Trinajstić information content (AvgIpc) is 3.37. The molecule has 4 aromatic heterocycles. The molecule has 6 nitrogen and oxygen atoms in total. The van der Waals surface area contributed by atoms with Crippen molar-refractivity contribution in [2.45, 2.75) is 6.92 Å². The minimum atomic E-state index is -0.903. The lowest BCUT2D eigenvalue weighted by molar-refractivity contribution is 0.0699. The predicted molar refractivity (Wildman–Crippen MR) is 115 cm³/mol. The fourth-order valence-electron chi connectivity index (χ4n) is 3.39. The summed E-state index contributed by atoms with van der Waals surface area (Å²) in [7, 11) is 1.91. The van der Waals surface area contributed by atoms with E-state index in [1.54, 1.807) is 23.7 Å². The van der Waals surface area contributed by atoms with E-state index in [2.05, 4.69) is 10.1 Å². The topological polar surface area (TPSA) is 77.2 Å². The van der Waals surface area contributed by atoms with Gasteiger partial charge in [0.25, 0.3) is 0 Å². The summed E-state index contributed by atoms with van der Waals surface area (Å²) in [4.78, 5) is 17.8. The number of carboxylic acids is 1.